The first-order chi connectivity index (χ1) is 7.84. The molecule has 3 N–H and O–H groups in total. The summed E-state index contributed by atoms with van der Waals surface area (Å²) in [6.45, 7) is 0. The van der Waals surface area contributed by atoms with Crippen LogP contribution in [0, 0.1) is 0 Å². The molecule has 1 aliphatic rings. The molecule has 0 aliphatic heterocycles. The van der Waals surface area contributed by atoms with E-state index in [1.54, 1.807) is 0 Å². The van der Waals surface area contributed by atoms with Gasteiger partial charge in [0.2, 0.25) is 0 Å². The highest BCUT2D eigenvalue weighted by Crippen LogP contribution is 2.19. The average molecular weight is 236 g/mol. The van der Waals surface area contributed by atoms with Crippen LogP contribution in [0.25, 0.3) is 0 Å². The molecule has 1 fully saturated rings. The van der Waals surface area contributed by atoms with Gasteiger partial charge in [0.25, 0.3) is 0 Å². The first-order valence-electron chi connectivity index (χ1n) is 6.01. The number of nitrogens with two attached hydrogens (primary N) is 1. The largest absolute Gasteiger partial charge is 0.328 e. The van der Waals surface area contributed by atoms with Crippen molar-refractivity contribution in [3.8, 4) is 0 Å². The molecule has 2 rings (SSSR count). The minimum atomic E-state index is 0.442. The monoisotopic (exact) mass is 236 g/mol. The fraction of sp³-hybridized carbons (Fsp3) is 0.538. The summed E-state index contributed by atoms with van der Waals surface area (Å²) in [4.78, 5) is 0. The van der Waals surface area contributed by atoms with Gasteiger partial charge in [0.1, 0.15) is 0 Å². The zero-order chi connectivity index (χ0) is 11.2. The van der Waals surface area contributed by atoms with Gasteiger partial charge in [0, 0.05) is 17.8 Å². The predicted molar refractivity (Wildman–Crippen MR) is 71.1 cm³/mol. The minimum absolute atomic E-state index is 0.442. The lowest BCUT2D eigenvalue weighted by atomic mass is 9.93. The molecule has 1 aliphatic carbocycles. The lowest BCUT2D eigenvalue weighted by Gasteiger charge is -2.26. The van der Waals surface area contributed by atoms with E-state index in [0.29, 0.717) is 12.1 Å². The molecule has 1 saturated carbocycles. The second-order valence-electron chi connectivity index (χ2n) is 4.50. The molecular weight excluding hydrogens is 216 g/mol. The highest BCUT2D eigenvalue weighted by molar-refractivity contribution is 7.96. The molecule has 16 heavy (non-hydrogen) atoms. The van der Waals surface area contributed by atoms with Gasteiger partial charge in [-0.15, -0.1) is 0 Å². The van der Waals surface area contributed by atoms with E-state index in [1.807, 2.05) is 11.9 Å². The van der Waals surface area contributed by atoms with E-state index < -0.39 is 0 Å². The maximum absolute atomic E-state index is 5.88. The number of rotatable bonds is 4. The Labute approximate surface area is 102 Å². The highest BCUT2D eigenvalue weighted by atomic mass is 32.2. The Kier molecular flexibility index (Phi) is 4.69. The third kappa shape index (κ3) is 3.81. The van der Waals surface area contributed by atoms with Crippen LogP contribution in [0.3, 0.4) is 0 Å². The van der Waals surface area contributed by atoms with Crippen LogP contribution in [0.4, 0.5) is 0 Å². The lowest BCUT2D eigenvalue weighted by molar-refractivity contribution is 0.381. The van der Waals surface area contributed by atoms with E-state index in [0.717, 1.165) is 5.75 Å². The van der Waals surface area contributed by atoms with Crippen LogP contribution in [0.15, 0.2) is 30.3 Å². The molecule has 0 bridgehead atoms. The molecule has 88 valence electrons. The molecular formula is C13H20N2S. The number of benzene rings is 1. The van der Waals surface area contributed by atoms with E-state index in [9.17, 15) is 0 Å². The zero-order valence-electron chi connectivity index (χ0n) is 9.56. The quantitative estimate of drug-likeness (QED) is 0.789. The van der Waals surface area contributed by atoms with Crippen LogP contribution in [-0.2, 0) is 5.75 Å². The standard InChI is InChI=1S/C13H20N2S/c14-12-6-8-13(9-7-12)15-16-10-11-4-2-1-3-5-11/h1-5,12-13,15H,6-10,14H2. The van der Waals surface area contributed by atoms with Gasteiger partial charge in [0.05, 0.1) is 0 Å². The van der Waals surface area contributed by atoms with Crippen LogP contribution in [0.5, 0.6) is 0 Å². The summed E-state index contributed by atoms with van der Waals surface area (Å²) >= 11 is 1.82. The summed E-state index contributed by atoms with van der Waals surface area (Å²) in [6.07, 6.45) is 4.79. The summed E-state index contributed by atoms with van der Waals surface area (Å²) in [7, 11) is 0. The lowest BCUT2D eigenvalue weighted by Crippen LogP contribution is -2.34. The van der Waals surface area contributed by atoms with E-state index in [4.69, 9.17) is 5.73 Å². The highest BCUT2D eigenvalue weighted by Gasteiger charge is 2.17. The molecule has 1 aromatic carbocycles. The normalized spacial score (nSPS) is 25.6. The maximum Gasteiger partial charge on any atom is 0.0330 e. The van der Waals surface area contributed by atoms with Crippen molar-refractivity contribution in [2.75, 3.05) is 0 Å². The van der Waals surface area contributed by atoms with Crippen LogP contribution in [0.1, 0.15) is 31.2 Å². The fourth-order valence-electron chi connectivity index (χ4n) is 2.05. The van der Waals surface area contributed by atoms with Gasteiger partial charge in [-0.05, 0) is 31.2 Å². The molecule has 0 heterocycles. The molecule has 1 aromatic rings. The van der Waals surface area contributed by atoms with Crippen molar-refractivity contribution in [3.05, 3.63) is 35.9 Å². The Morgan fingerprint density at radius 2 is 1.81 bits per heavy atom. The Bertz CT molecular complexity index is 294. The van der Waals surface area contributed by atoms with Crippen molar-refractivity contribution in [1.29, 1.82) is 0 Å². The smallest absolute Gasteiger partial charge is 0.0330 e. The van der Waals surface area contributed by atoms with Crippen molar-refractivity contribution in [3.63, 3.8) is 0 Å². The molecule has 0 spiro atoms. The van der Waals surface area contributed by atoms with Gasteiger partial charge < -0.3 is 5.73 Å². The summed E-state index contributed by atoms with van der Waals surface area (Å²) < 4.78 is 3.55. The van der Waals surface area contributed by atoms with Crippen LogP contribution >= 0.6 is 11.9 Å². The minimum Gasteiger partial charge on any atom is -0.328 e. The zero-order valence-corrected chi connectivity index (χ0v) is 10.4. The Morgan fingerprint density at radius 3 is 2.50 bits per heavy atom. The number of hydrogen-bond acceptors (Lipinski definition) is 3. The third-order valence-corrected chi connectivity index (χ3v) is 4.08. The van der Waals surface area contributed by atoms with E-state index in [1.165, 1.54) is 31.2 Å². The molecule has 0 saturated heterocycles. The molecule has 0 unspecified atom stereocenters. The first kappa shape index (κ1) is 12.0. The number of hydrogen-bond donors (Lipinski definition) is 2. The Balaban J connectivity index is 1.65. The summed E-state index contributed by atoms with van der Waals surface area (Å²) in [6, 6.07) is 11.7. The molecule has 2 nitrogen and oxygen atoms in total. The second-order valence-corrected chi connectivity index (χ2v) is 5.32. The molecule has 0 atom stereocenters. The van der Waals surface area contributed by atoms with Crippen molar-refractivity contribution >= 4 is 11.9 Å². The van der Waals surface area contributed by atoms with Gasteiger partial charge >= 0.3 is 0 Å². The van der Waals surface area contributed by atoms with Crippen molar-refractivity contribution < 1.29 is 0 Å². The van der Waals surface area contributed by atoms with Crippen molar-refractivity contribution in [2.24, 2.45) is 5.73 Å². The average Bonchev–Trinajstić information content (AvgIpc) is 2.33. The van der Waals surface area contributed by atoms with Gasteiger partial charge in [-0.1, -0.05) is 42.3 Å². The molecule has 0 amide bonds. The van der Waals surface area contributed by atoms with Gasteiger partial charge in [0.15, 0.2) is 0 Å². The molecule has 3 heteroatoms. The summed E-state index contributed by atoms with van der Waals surface area (Å²) in [5.74, 6) is 1.05. The van der Waals surface area contributed by atoms with E-state index >= 15 is 0 Å². The summed E-state index contributed by atoms with van der Waals surface area (Å²) in [5, 5.41) is 0. The van der Waals surface area contributed by atoms with Gasteiger partial charge in [-0.25, -0.2) is 0 Å². The Morgan fingerprint density at radius 1 is 1.12 bits per heavy atom. The van der Waals surface area contributed by atoms with Gasteiger partial charge in [-0.3, -0.25) is 4.72 Å². The second kappa shape index (κ2) is 6.28. The predicted octanol–water partition coefficient (Wildman–Crippen LogP) is 2.69. The van der Waals surface area contributed by atoms with Crippen LogP contribution in [0.2, 0.25) is 0 Å². The SMILES string of the molecule is NC1CCC(NSCc2ccccc2)CC1. The Hall–Kier alpha value is -0.510. The van der Waals surface area contributed by atoms with Crippen LogP contribution in [-0.4, -0.2) is 12.1 Å². The molecule has 0 aromatic heterocycles. The fourth-order valence-corrected chi connectivity index (χ4v) is 2.97. The maximum atomic E-state index is 5.88. The number of nitrogens with one attached hydrogen (secondary N) is 1. The van der Waals surface area contributed by atoms with Crippen molar-refractivity contribution in [2.45, 2.75) is 43.5 Å². The van der Waals surface area contributed by atoms with E-state index in [-0.39, 0.29) is 0 Å². The summed E-state index contributed by atoms with van der Waals surface area (Å²) in [5.41, 5.74) is 7.26. The first-order valence-corrected chi connectivity index (χ1v) is 7.00. The van der Waals surface area contributed by atoms with Crippen LogP contribution < -0.4 is 10.5 Å². The van der Waals surface area contributed by atoms with Crippen molar-refractivity contribution in [1.82, 2.24) is 4.72 Å². The third-order valence-electron chi connectivity index (χ3n) is 3.10. The van der Waals surface area contributed by atoms with E-state index in [2.05, 4.69) is 35.1 Å². The topological polar surface area (TPSA) is 38.0 Å². The molecule has 0 radical (unpaired) electrons. The van der Waals surface area contributed by atoms with Gasteiger partial charge in [-0.2, -0.15) is 0 Å².